The lowest BCUT2D eigenvalue weighted by Crippen LogP contribution is -2.14. The molecule has 0 heterocycles. The summed E-state index contributed by atoms with van der Waals surface area (Å²) < 4.78 is 20.7. The number of amides is 1. The Bertz CT molecular complexity index is 1040. The number of benzene rings is 2. The van der Waals surface area contributed by atoms with Gasteiger partial charge >= 0.3 is 0 Å². The smallest absolute Gasteiger partial charge is 0.296 e. The van der Waals surface area contributed by atoms with Gasteiger partial charge in [0, 0.05) is 11.6 Å². The third-order valence-corrected chi connectivity index (χ3v) is 4.05. The van der Waals surface area contributed by atoms with Gasteiger partial charge in [0.1, 0.15) is 28.8 Å². The van der Waals surface area contributed by atoms with Crippen molar-refractivity contribution in [2.45, 2.75) is 0 Å². The lowest BCUT2D eigenvalue weighted by molar-refractivity contribution is -0.384. The first-order chi connectivity index (χ1) is 14.4. The van der Waals surface area contributed by atoms with Crippen molar-refractivity contribution in [2.75, 3.05) is 33.8 Å². The molecule has 0 bridgehead atoms. The summed E-state index contributed by atoms with van der Waals surface area (Å²) in [5.74, 6) is 0.536. The fourth-order valence-corrected chi connectivity index (χ4v) is 2.55. The van der Waals surface area contributed by atoms with Gasteiger partial charge in [0.2, 0.25) is 0 Å². The van der Waals surface area contributed by atoms with Gasteiger partial charge in [0.15, 0.2) is 11.5 Å². The molecule has 0 aliphatic heterocycles. The molecule has 0 radical (unpaired) electrons. The number of nitro groups is 1. The Morgan fingerprint density at radius 1 is 1.03 bits per heavy atom. The van der Waals surface area contributed by atoms with E-state index in [0.717, 1.165) is 0 Å². The van der Waals surface area contributed by atoms with Gasteiger partial charge in [-0.05, 0) is 24.3 Å². The Balaban J connectivity index is 2.44. The second-order valence-electron chi connectivity index (χ2n) is 5.71. The number of hydrogen-bond donors (Lipinski definition) is 1. The first-order valence-electron chi connectivity index (χ1n) is 8.44. The summed E-state index contributed by atoms with van der Waals surface area (Å²) in [4.78, 5) is 23.2. The molecule has 1 N–H and O–H groups in total. The average molecular weight is 413 g/mol. The highest BCUT2D eigenvalue weighted by Gasteiger charge is 2.20. The maximum atomic E-state index is 12.6. The van der Waals surface area contributed by atoms with Crippen molar-refractivity contribution in [3.63, 3.8) is 0 Å². The van der Waals surface area contributed by atoms with E-state index in [1.165, 1.54) is 58.8 Å². The zero-order valence-corrected chi connectivity index (χ0v) is 16.7. The summed E-state index contributed by atoms with van der Waals surface area (Å²) in [6.45, 7) is 0. The molecular weight excluding hydrogens is 394 g/mol. The Labute approximate surface area is 172 Å². The molecule has 2 rings (SSSR count). The number of carbonyl (C=O) groups excluding carboxylic acids is 1. The Morgan fingerprint density at radius 2 is 1.67 bits per heavy atom. The highest BCUT2D eigenvalue weighted by Crippen LogP contribution is 2.36. The van der Waals surface area contributed by atoms with Crippen molar-refractivity contribution in [3.8, 4) is 29.1 Å². The molecular formula is C20H19N3O7. The van der Waals surface area contributed by atoms with E-state index in [1.807, 2.05) is 0 Å². The van der Waals surface area contributed by atoms with Crippen LogP contribution in [0.1, 0.15) is 5.56 Å². The van der Waals surface area contributed by atoms with E-state index in [1.54, 1.807) is 12.1 Å². The van der Waals surface area contributed by atoms with Crippen LogP contribution in [-0.4, -0.2) is 39.3 Å². The second-order valence-corrected chi connectivity index (χ2v) is 5.71. The molecule has 10 heteroatoms. The molecule has 2 aromatic rings. The highest BCUT2D eigenvalue weighted by atomic mass is 16.6. The van der Waals surface area contributed by atoms with Crippen LogP contribution in [0.2, 0.25) is 0 Å². The summed E-state index contributed by atoms with van der Waals surface area (Å²) in [5, 5.41) is 23.1. The van der Waals surface area contributed by atoms with Gasteiger partial charge < -0.3 is 24.3 Å². The van der Waals surface area contributed by atoms with Crippen molar-refractivity contribution < 1.29 is 28.7 Å². The number of carbonyl (C=O) groups is 1. The molecule has 30 heavy (non-hydrogen) atoms. The van der Waals surface area contributed by atoms with Gasteiger partial charge in [-0.15, -0.1) is 0 Å². The van der Waals surface area contributed by atoms with Crippen molar-refractivity contribution in [3.05, 3.63) is 51.6 Å². The van der Waals surface area contributed by atoms with Gasteiger partial charge in [0.05, 0.1) is 39.4 Å². The number of hydrogen-bond acceptors (Lipinski definition) is 8. The fraction of sp³-hybridized carbons (Fsp3) is 0.200. The van der Waals surface area contributed by atoms with Gasteiger partial charge in [0.25, 0.3) is 11.6 Å². The predicted octanol–water partition coefficient (Wildman–Crippen LogP) is 3.17. The molecule has 156 valence electrons. The van der Waals surface area contributed by atoms with Crippen LogP contribution in [0.3, 0.4) is 0 Å². The predicted molar refractivity (Wildman–Crippen MR) is 108 cm³/mol. The maximum absolute atomic E-state index is 12.6. The number of anilines is 1. The van der Waals surface area contributed by atoms with Crippen molar-refractivity contribution >= 4 is 23.4 Å². The van der Waals surface area contributed by atoms with Crippen LogP contribution in [0.4, 0.5) is 11.4 Å². The lowest BCUT2D eigenvalue weighted by atomic mass is 10.1. The summed E-state index contributed by atoms with van der Waals surface area (Å²) in [6, 6.07) is 8.82. The average Bonchev–Trinajstić information content (AvgIpc) is 2.76. The summed E-state index contributed by atoms with van der Waals surface area (Å²) >= 11 is 0. The number of nitriles is 1. The third kappa shape index (κ3) is 4.77. The van der Waals surface area contributed by atoms with Crippen LogP contribution in [0.15, 0.2) is 35.9 Å². The topological polar surface area (TPSA) is 133 Å². The number of ether oxygens (including phenoxy) is 4. The van der Waals surface area contributed by atoms with Crippen LogP contribution in [0, 0.1) is 21.4 Å². The molecule has 2 aromatic carbocycles. The first-order valence-corrected chi connectivity index (χ1v) is 8.44. The van der Waals surface area contributed by atoms with E-state index in [-0.39, 0.29) is 22.7 Å². The standard InChI is InChI=1S/C20H19N3O7/c1-27-14-5-6-15(16(9-14)23(25)26)22-20(24)13(11-21)7-12-8-18(29-3)19(30-4)10-17(12)28-2/h5-10H,1-4H3,(H,22,24)/b13-7+. The zero-order valence-electron chi connectivity index (χ0n) is 16.7. The monoisotopic (exact) mass is 413 g/mol. The molecule has 0 spiro atoms. The van der Waals surface area contributed by atoms with Crippen molar-refractivity contribution in [2.24, 2.45) is 0 Å². The Kier molecular flexibility index (Phi) is 7.19. The second kappa shape index (κ2) is 9.79. The minimum absolute atomic E-state index is 0.0776. The molecule has 0 fully saturated rings. The fourth-order valence-electron chi connectivity index (χ4n) is 2.55. The van der Waals surface area contributed by atoms with Gasteiger partial charge in [-0.1, -0.05) is 0 Å². The SMILES string of the molecule is COc1ccc(NC(=O)/C(C#N)=C/c2cc(OC)c(OC)cc2OC)c([N+](=O)[O-])c1. The molecule has 0 saturated carbocycles. The van der Waals surface area contributed by atoms with Gasteiger partial charge in [-0.2, -0.15) is 5.26 Å². The zero-order chi connectivity index (χ0) is 22.3. The van der Waals surface area contributed by atoms with E-state index in [9.17, 15) is 20.2 Å². The van der Waals surface area contributed by atoms with E-state index < -0.39 is 10.8 Å². The van der Waals surface area contributed by atoms with E-state index >= 15 is 0 Å². The molecule has 0 saturated heterocycles. The first kappa shape index (κ1) is 22.0. The lowest BCUT2D eigenvalue weighted by Gasteiger charge is -2.12. The Hall–Kier alpha value is -4.26. The number of methoxy groups -OCH3 is 4. The molecule has 0 aliphatic rings. The van der Waals surface area contributed by atoms with E-state index in [2.05, 4.69) is 5.32 Å². The normalized spacial score (nSPS) is 10.6. The maximum Gasteiger partial charge on any atom is 0.296 e. The van der Waals surface area contributed by atoms with Gasteiger partial charge in [-0.3, -0.25) is 14.9 Å². The van der Waals surface area contributed by atoms with E-state index in [0.29, 0.717) is 22.8 Å². The Morgan fingerprint density at radius 3 is 2.20 bits per heavy atom. The number of nitrogens with zero attached hydrogens (tertiary/aromatic N) is 2. The minimum atomic E-state index is -0.831. The largest absolute Gasteiger partial charge is 0.496 e. The van der Waals surface area contributed by atoms with Crippen molar-refractivity contribution in [1.29, 1.82) is 5.26 Å². The number of nitrogens with one attached hydrogen (secondary N) is 1. The molecule has 0 atom stereocenters. The summed E-state index contributed by atoms with van der Waals surface area (Å²) in [6.07, 6.45) is 1.28. The summed E-state index contributed by atoms with van der Waals surface area (Å²) in [7, 11) is 5.69. The quantitative estimate of drug-likeness (QED) is 0.302. The van der Waals surface area contributed by atoms with Crippen LogP contribution in [-0.2, 0) is 4.79 Å². The summed E-state index contributed by atoms with van der Waals surface area (Å²) in [5.41, 5.74) is -0.369. The molecule has 0 unspecified atom stereocenters. The van der Waals surface area contributed by atoms with Gasteiger partial charge in [-0.25, -0.2) is 0 Å². The molecule has 0 aliphatic carbocycles. The molecule has 10 nitrogen and oxygen atoms in total. The van der Waals surface area contributed by atoms with Crippen LogP contribution in [0.5, 0.6) is 23.0 Å². The highest BCUT2D eigenvalue weighted by molar-refractivity contribution is 6.10. The molecule has 0 aromatic heterocycles. The minimum Gasteiger partial charge on any atom is -0.496 e. The van der Waals surface area contributed by atoms with Crippen LogP contribution >= 0.6 is 0 Å². The molecule has 1 amide bonds. The van der Waals surface area contributed by atoms with Crippen LogP contribution in [0.25, 0.3) is 6.08 Å². The number of nitro benzene ring substituents is 1. The van der Waals surface area contributed by atoms with Crippen LogP contribution < -0.4 is 24.3 Å². The van der Waals surface area contributed by atoms with E-state index in [4.69, 9.17) is 18.9 Å². The van der Waals surface area contributed by atoms with Crippen molar-refractivity contribution in [1.82, 2.24) is 0 Å². The number of rotatable bonds is 8. The third-order valence-electron chi connectivity index (χ3n) is 4.05.